The molecule has 2 rings (SSSR count). The summed E-state index contributed by atoms with van der Waals surface area (Å²) in [5, 5.41) is 10.2. The van der Waals surface area contributed by atoms with Crippen LogP contribution in [0, 0.1) is 0 Å². The molecule has 1 aromatic heterocycles. The van der Waals surface area contributed by atoms with E-state index in [-0.39, 0.29) is 0 Å². The Hall–Kier alpha value is -0.550. The summed E-state index contributed by atoms with van der Waals surface area (Å²) in [4.78, 5) is 0. The predicted octanol–water partition coefficient (Wildman–Crippen LogP) is 2.57. The molecule has 0 spiro atoms. The third-order valence-electron chi connectivity index (χ3n) is 3.37. The number of nitrogens with two attached hydrogens (primary N) is 1. The molecular weight excluding hydrogens is 232 g/mol. The molecule has 1 saturated carbocycles. The standard InChI is InChI=1S/C12H22N4S/c1-2-16-11(9-13)14-15-12(16)17-10-7-5-3-4-6-8-10/h10H,2-9,13H2,1H3. The fraction of sp³-hybridized carbons (Fsp3) is 0.833. The molecule has 17 heavy (non-hydrogen) atoms. The molecule has 2 N–H and O–H groups in total. The second-order valence-electron chi connectivity index (χ2n) is 4.58. The lowest BCUT2D eigenvalue weighted by Crippen LogP contribution is -2.09. The van der Waals surface area contributed by atoms with Crippen LogP contribution >= 0.6 is 11.8 Å². The normalized spacial score (nSPS) is 18.2. The van der Waals surface area contributed by atoms with Crippen molar-refractivity contribution in [1.29, 1.82) is 0 Å². The highest BCUT2D eigenvalue weighted by Crippen LogP contribution is 2.32. The second kappa shape index (κ2) is 6.40. The minimum atomic E-state index is 0.478. The molecule has 0 aromatic carbocycles. The Labute approximate surface area is 107 Å². The average molecular weight is 254 g/mol. The number of rotatable bonds is 4. The first-order chi connectivity index (χ1) is 8.35. The van der Waals surface area contributed by atoms with E-state index in [0.717, 1.165) is 22.8 Å². The van der Waals surface area contributed by atoms with Gasteiger partial charge in [-0.3, -0.25) is 0 Å². The molecule has 0 amide bonds. The summed E-state index contributed by atoms with van der Waals surface area (Å²) >= 11 is 1.90. The molecule has 0 radical (unpaired) electrons. The van der Waals surface area contributed by atoms with Crippen LogP contribution in [0.15, 0.2) is 5.16 Å². The fourth-order valence-electron chi connectivity index (χ4n) is 2.38. The molecular formula is C12H22N4S. The van der Waals surface area contributed by atoms with Crippen molar-refractivity contribution in [2.24, 2.45) is 5.73 Å². The molecule has 1 fully saturated rings. The van der Waals surface area contributed by atoms with Gasteiger partial charge in [0.25, 0.3) is 0 Å². The smallest absolute Gasteiger partial charge is 0.191 e. The molecule has 0 saturated heterocycles. The molecule has 96 valence electrons. The van der Waals surface area contributed by atoms with Crippen LogP contribution in [0.5, 0.6) is 0 Å². The summed E-state index contributed by atoms with van der Waals surface area (Å²) in [6.45, 7) is 3.51. The Bertz CT molecular complexity index is 342. The van der Waals surface area contributed by atoms with Crippen LogP contribution in [0.3, 0.4) is 0 Å². The maximum atomic E-state index is 5.67. The van der Waals surface area contributed by atoms with Crippen LogP contribution in [0.4, 0.5) is 0 Å². The van der Waals surface area contributed by atoms with Crippen molar-refractivity contribution in [2.75, 3.05) is 0 Å². The van der Waals surface area contributed by atoms with Crippen LogP contribution < -0.4 is 5.73 Å². The zero-order valence-electron chi connectivity index (χ0n) is 10.6. The number of thioether (sulfide) groups is 1. The first-order valence-electron chi connectivity index (χ1n) is 6.64. The lowest BCUT2D eigenvalue weighted by atomic mass is 10.2. The van der Waals surface area contributed by atoms with E-state index in [1.807, 2.05) is 11.8 Å². The lowest BCUT2D eigenvalue weighted by Gasteiger charge is -2.13. The van der Waals surface area contributed by atoms with E-state index in [2.05, 4.69) is 21.7 Å². The quantitative estimate of drug-likeness (QED) is 0.839. The molecule has 0 atom stereocenters. The summed E-state index contributed by atoms with van der Waals surface area (Å²) < 4.78 is 2.15. The Morgan fingerprint density at radius 2 is 1.94 bits per heavy atom. The van der Waals surface area contributed by atoms with Gasteiger partial charge in [-0.25, -0.2) is 0 Å². The average Bonchev–Trinajstić information content (AvgIpc) is 2.55. The molecule has 1 aliphatic carbocycles. The largest absolute Gasteiger partial charge is 0.324 e. The Balaban J connectivity index is 2.03. The van der Waals surface area contributed by atoms with E-state index in [9.17, 15) is 0 Å². The van der Waals surface area contributed by atoms with Gasteiger partial charge in [0, 0.05) is 11.8 Å². The van der Waals surface area contributed by atoms with Crippen LogP contribution in [-0.2, 0) is 13.1 Å². The van der Waals surface area contributed by atoms with Crippen molar-refractivity contribution >= 4 is 11.8 Å². The van der Waals surface area contributed by atoms with E-state index in [0.29, 0.717) is 6.54 Å². The van der Waals surface area contributed by atoms with Crippen LogP contribution in [0.2, 0.25) is 0 Å². The van der Waals surface area contributed by atoms with Crippen LogP contribution in [0.25, 0.3) is 0 Å². The highest BCUT2D eigenvalue weighted by Gasteiger charge is 2.18. The van der Waals surface area contributed by atoms with E-state index in [1.165, 1.54) is 38.5 Å². The SMILES string of the molecule is CCn1c(CN)nnc1SC1CCCCCC1. The topological polar surface area (TPSA) is 56.7 Å². The first kappa shape index (κ1) is 12.9. The van der Waals surface area contributed by atoms with Gasteiger partial charge in [-0.2, -0.15) is 0 Å². The zero-order valence-corrected chi connectivity index (χ0v) is 11.4. The summed E-state index contributed by atoms with van der Waals surface area (Å²) in [6, 6.07) is 0. The van der Waals surface area contributed by atoms with Gasteiger partial charge in [-0.1, -0.05) is 37.4 Å². The minimum absolute atomic E-state index is 0.478. The molecule has 4 nitrogen and oxygen atoms in total. The maximum absolute atomic E-state index is 5.67. The summed E-state index contributed by atoms with van der Waals surface area (Å²) in [7, 11) is 0. The van der Waals surface area contributed by atoms with Crippen LogP contribution in [-0.4, -0.2) is 20.0 Å². The van der Waals surface area contributed by atoms with E-state index < -0.39 is 0 Å². The number of hydrogen-bond acceptors (Lipinski definition) is 4. The van der Waals surface area contributed by atoms with Crippen molar-refractivity contribution < 1.29 is 0 Å². The zero-order chi connectivity index (χ0) is 12.1. The van der Waals surface area contributed by atoms with Crippen molar-refractivity contribution in [1.82, 2.24) is 14.8 Å². The van der Waals surface area contributed by atoms with Gasteiger partial charge in [0.05, 0.1) is 6.54 Å². The van der Waals surface area contributed by atoms with Crippen molar-refractivity contribution in [2.45, 2.75) is 68.9 Å². The molecule has 0 aliphatic heterocycles. The number of aromatic nitrogens is 3. The Kier molecular flexibility index (Phi) is 4.86. The van der Waals surface area contributed by atoms with Gasteiger partial charge < -0.3 is 10.3 Å². The third kappa shape index (κ3) is 3.22. The molecule has 5 heteroatoms. The molecule has 0 unspecified atom stereocenters. The number of hydrogen-bond donors (Lipinski definition) is 1. The second-order valence-corrected chi connectivity index (χ2v) is 5.85. The Morgan fingerprint density at radius 1 is 1.24 bits per heavy atom. The van der Waals surface area contributed by atoms with Gasteiger partial charge in [0.1, 0.15) is 5.82 Å². The molecule has 0 bridgehead atoms. The maximum Gasteiger partial charge on any atom is 0.191 e. The van der Waals surface area contributed by atoms with Gasteiger partial charge in [-0.15, -0.1) is 10.2 Å². The predicted molar refractivity (Wildman–Crippen MR) is 70.9 cm³/mol. The molecule has 1 heterocycles. The molecule has 1 aliphatic rings. The highest BCUT2D eigenvalue weighted by molar-refractivity contribution is 7.99. The summed E-state index contributed by atoms with van der Waals surface area (Å²) in [5.74, 6) is 0.906. The van der Waals surface area contributed by atoms with Gasteiger partial charge in [0.15, 0.2) is 5.16 Å². The van der Waals surface area contributed by atoms with Gasteiger partial charge in [-0.05, 0) is 19.8 Å². The summed E-state index contributed by atoms with van der Waals surface area (Å²) in [6.07, 6.45) is 8.15. The Morgan fingerprint density at radius 3 is 2.53 bits per heavy atom. The highest BCUT2D eigenvalue weighted by atomic mass is 32.2. The monoisotopic (exact) mass is 254 g/mol. The van der Waals surface area contributed by atoms with Crippen molar-refractivity contribution in [3.8, 4) is 0 Å². The van der Waals surface area contributed by atoms with E-state index in [4.69, 9.17) is 5.73 Å². The van der Waals surface area contributed by atoms with E-state index >= 15 is 0 Å². The van der Waals surface area contributed by atoms with Crippen LogP contribution in [0.1, 0.15) is 51.3 Å². The first-order valence-corrected chi connectivity index (χ1v) is 7.52. The van der Waals surface area contributed by atoms with Crippen molar-refractivity contribution in [3.05, 3.63) is 5.82 Å². The summed E-state index contributed by atoms with van der Waals surface area (Å²) in [5.41, 5.74) is 5.67. The third-order valence-corrected chi connectivity index (χ3v) is 4.68. The minimum Gasteiger partial charge on any atom is -0.324 e. The lowest BCUT2D eigenvalue weighted by molar-refractivity contribution is 0.636. The number of nitrogens with zero attached hydrogens (tertiary/aromatic N) is 3. The fourth-order valence-corrected chi connectivity index (χ4v) is 3.70. The van der Waals surface area contributed by atoms with E-state index in [1.54, 1.807) is 0 Å². The van der Waals surface area contributed by atoms with Gasteiger partial charge >= 0.3 is 0 Å². The van der Waals surface area contributed by atoms with Crippen molar-refractivity contribution in [3.63, 3.8) is 0 Å². The molecule has 1 aromatic rings. The van der Waals surface area contributed by atoms with Gasteiger partial charge in [0.2, 0.25) is 0 Å².